The lowest BCUT2D eigenvalue weighted by atomic mass is 10.1. The largest absolute Gasteiger partial charge is 0.389 e. The zero-order valence-electron chi connectivity index (χ0n) is 8.62. The average molecular weight is 214 g/mol. The summed E-state index contributed by atoms with van der Waals surface area (Å²) in [6.07, 6.45) is -0.619. The first-order valence-electron chi connectivity index (χ1n) is 4.65. The summed E-state index contributed by atoms with van der Waals surface area (Å²) in [6.45, 7) is 5.79. The lowest BCUT2D eigenvalue weighted by molar-refractivity contribution is 0.196. The van der Waals surface area contributed by atoms with E-state index in [-0.39, 0.29) is 5.82 Å². The Balaban J connectivity index is 3.02. The highest BCUT2D eigenvalue weighted by molar-refractivity contribution is 8.00. The molecular formula is C11H15FOS. The van der Waals surface area contributed by atoms with E-state index >= 15 is 0 Å². The first-order valence-corrected chi connectivity index (χ1v) is 5.53. The van der Waals surface area contributed by atoms with Gasteiger partial charge in [-0.2, -0.15) is 0 Å². The fourth-order valence-corrected chi connectivity index (χ4v) is 2.23. The van der Waals surface area contributed by atoms with Crippen LogP contribution in [0.5, 0.6) is 0 Å². The van der Waals surface area contributed by atoms with Crippen LogP contribution in [0, 0.1) is 5.82 Å². The van der Waals surface area contributed by atoms with Crippen molar-refractivity contribution in [2.24, 2.45) is 0 Å². The molecule has 1 rings (SSSR count). The first kappa shape index (κ1) is 11.5. The molecule has 1 nitrogen and oxygen atoms in total. The predicted octanol–water partition coefficient (Wildman–Crippen LogP) is 3.38. The molecule has 0 amide bonds. The third kappa shape index (κ3) is 3.00. The van der Waals surface area contributed by atoms with Gasteiger partial charge in [-0.3, -0.25) is 0 Å². The zero-order valence-corrected chi connectivity index (χ0v) is 9.44. The van der Waals surface area contributed by atoms with Gasteiger partial charge in [-0.05, 0) is 30.7 Å². The summed E-state index contributed by atoms with van der Waals surface area (Å²) in [5, 5.41) is 9.89. The Hall–Kier alpha value is -0.540. The van der Waals surface area contributed by atoms with Gasteiger partial charge < -0.3 is 5.11 Å². The molecule has 0 spiro atoms. The van der Waals surface area contributed by atoms with Crippen LogP contribution < -0.4 is 0 Å². The Morgan fingerprint density at radius 1 is 1.29 bits per heavy atom. The topological polar surface area (TPSA) is 20.2 Å². The second-order valence-corrected chi connectivity index (χ2v) is 5.14. The molecule has 1 aromatic carbocycles. The number of aliphatic hydroxyl groups is 1. The lowest BCUT2D eigenvalue weighted by Gasteiger charge is -2.13. The van der Waals surface area contributed by atoms with Gasteiger partial charge in [0.15, 0.2) is 0 Å². The average Bonchev–Trinajstić information content (AvgIpc) is 2.07. The van der Waals surface area contributed by atoms with Gasteiger partial charge in [0.1, 0.15) is 5.82 Å². The number of hydrogen-bond donors (Lipinski definition) is 1. The van der Waals surface area contributed by atoms with Crippen molar-refractivity contribution in [2.75, 3.05) is 0 Å². The van der Waals surface area contributed by atoms with Crippen LogP contribution in [0.1, 0.15) is 32.4 Å². The molecule has 0 saturated carbocycles. The molecule has 3 heteroatoms. The molecule has 78 valence electrons. The van der Waals surface area contributed by atoms with Gasteiger partial charge in [0.25, 0.3) is 0 Å². The summed E-state index contributed by atoms with van der Waals surface area (Å²) in [4.78, 5) is 0.955. The van der Waals surface area contributed by atoms with Crippen LogP contribution in [0.15, 0.2) is 23.1 Å². The molecule has 1 atom stereocenters. The lowest BCUT2D eigenvalue weighted by Crippen LogP contribution is -1.97. The van der Waals surface area contributed by atoms with Crippen LogP contribution in [-0.4, -0.2) is 10.4 Å². The Labute approximate surface area is 88.3 Å². The molecule has 1 N–H and O–H groups in total. The second-order valence-electron chi connectivity index (χ2n) is 3.52. The van der Waals surface area contributed by atoms with E-state index in [0.717, 1.165) is 4.90 Å². The highest BCUT2D eigenvalue weighted by atomic mass is 32.2. The van der Waals surface area contributed by atoms with Gasteiger partial charge in [-0.25, -0.2) is 4.39 Å². The van der Waals surface area contributed by atoms with Crippen molar-refractivity contribution in [3.8, 4) is 0 Å². The number of rotatable bonds is 3. The minimum atomic E-state index is -0.619. The van der Waals surface area contributed by atoms with Gasteiger partial charge >= 0.3 is 0 Å². The van der Waals surface area contributed by atoms with Crippen molar-refractivity contribution >= 4 is 11.8 Å². The summed E-state index contributed by atoms with van der Waals surface area (Å²) in [5.41, 5.74) is 0.670. The van der Waals surface area contributed by atoms with Crippen LogP contribution in [0.2, 0.25) is 0 Å². The summed E-state index contributed by atoms with van der Waals surface area (Å²) in [5.74, 6) is -0.297. The predicted molar refractivity (Wildman–Crippen MR) is 58.0 cm³/mol. The molecule has 0 aromatic heterocycles. The van der Waals surface area contributed by atoms with Gasteiger partial charge in [0.2, 0.25) is 0 Å². The van der Waals surface area contributed by atoms with E-state index < -0.39 is 6.10 Å². The zero-order chi connectivity index (χ0) is 10.7. The Morgan fingerprint density at radius 3 is 2.43 bits per heavy atom. The van der Waals surface area contributed by atoms with Gasteiger partial charge in [0, 0.05) is 10.1 Å². The van der Waals surface area contributed by atoms with Crippen LogP contribution in [0.4, 0.5) is 4.39 Å². The van der Waals surface area contributed by atoms with E-state index in [1.54, 1.807) is 24.8 Å². The van der Waals surface area contributed by atoms with Crippen molar-refractivity contribution in [2.45, 2.75) is 37.0 Å². The Morgan fingerprint density at radius 2 is 1.93 bits per heavy atom. The first-order chi connectivity index (χ1) is 6.50. The van der Waals surface area contributed by atoms with Gasteiger partial charge in [0.05, 0.1) is 6.10 Å². The molecule has 0 aliphatic carbocycles. The number of hydrogen-bond acceptors (Lipinski definition) is 2. The third-order valence-electron chi connectivity index (χ3n) is 1.78. The van der Waals surface area contributed by atoms with Crippen molar-refractivity contribution in [3.63, 3.8) is 0 Å². The van der Waals surface area contributed by atoms with Crippen LogP contribution in [0.3, 0.4) is 0 Å². The SMILES string of the molecule is CC(C)Sc1ccc(F)cc1[C@H](C)O. The number of halogens is 1. The normalized spacial score (nSPS) is 13.3. The van der Waals surface area contributed by atoms with E-state index in [1.165, 1.54) is 12.1 Å². The van der Waals surface area contributed by atoms with Gasteiger partial charge in [-0.15, -0.1) is 11.8 Å². The second kappa shape index (κ2) is 4.80. The number of aliphatic hydroxyl groups excluding tert-OH is 1. The smallest absolute Gasteiger partial charge is 0.123 e. The highest BCUT2D eigenvalue weighted by Gasteiger charge is 2.10. The van der Waals surface area contributed by atoms with Crippen molar-refractivity contribution in [1.29, 1.82) is 0 Å². The molecule has 0 saturated heterocycles. The Bertz CT molecular complexity index is 310. The van der Waals surface area contributed by atoms with E-state index in [4.69, 9.17) is 0 Å². The molecule has 1 aromatic rings. The van der Waals surface area contributed by atoms with E-state index in [1.807, 2.05) is 0 Å². The summed E-state index contributed by atoms with van der Waals surface area (Å²) >= 11 is 1.64. The van der Waals surface area contributed by atoms with E-state index in [0.29, 0.717) is 10.8 Å². The summed E-state index contributed by atoms with van der Waals surface area (Å²) < 4.78 is 12.9. The minimum absolute atomic E-state index is 0.297. The van der Waals surface area contributed by atoms with Crippen molar-refractivity contribution in [1.82, 2.24) is 0 Å². The summed E-state index contributed by atoms with van der Waals surface area (Å²) in [6, 6.07) is 4.55. The Kier molecular flexibility index (Phi) is 3.96. The molecule has 0 unspecified atom stereocenters. The fraction of sp³-hybridized carbons (Fsp3) is 0.455. The maximum absolute atomic E-state index is 12.9. The van der Waals surface area contributed by atoms with Gasteiger partial charge in [-0.1, -0.05) is 13.8 Å². The third-order valence-corrected chi connectivity index (χ3v) is 2.88. The quantitative estimate of drug-likeness (QED) is 0.778. The maximum atomic E-state index is 12.9. The molecule has 0 aliphatic rings. The standard InChI is InChI=1S/C11H15FOS/c1-7(2)14-11-5-4-9(12)6-10(11)8(3)13/h4-8,13H,1-3H3/t8-/m0/s1. The van der Waals surface area contributed by atoms with Crippen LogP contribution in [-0.2, 0) is 0 Å². The van der Waals surface area contributed by atoms with E-state index in [9.17, 15) is 9.50 Å². The van der Waals surface area contributed by atoms with Crippen molar-refractivity contribution < 1.29 is 9.50 Å². The number of thioether (sulfide) groups is 1. The summed E-state index contributed by atoms with van der Waals surface area (Å²) in [7, 11) is 0. The molecular weight excluding hydrogens is 199 g/mol. The molecule has 0 aliphatic heterocycles. The van der Waals surface area contributed by atoms with Crippen molar-refractivity contribution in [3.05, 3.63) is 29.6 Å². The maximum Gasteiger partial charge on any atom is 0.123 e. The monoisotopic (exact) mass is 214 g/mol. The highest BCUT2D eigenvalue weighted by Crippen LogP contribution is 2.30. The molecule has 14 heavy (non-hydrogen) atoms. The molecule has 0 radical (unpaired) electrons. The molecule has 0 fully saturated rings. The van der Waals surface area contributed by atoms with E-state index in [2.05, 4.69) is 13.8 Å². The fourth-order valence-electron chi connectivity index (χ4n) is 1.21. The van der Waals surface area contributed by atoms with Crippen LogP contribution >= 0.6 is 11.8 Å². The van der Waals surface area contributed by atoms with Crippen LogP contribution in [0.25, 0.3) is 0 Å². The minimum Gasteiger partial charge on any atom is -0.389 e. The molecule has 0 bridgehead atoms. The number of benzene rings is 1. The molecule has 0 heterocycles.